The molecule has 0 spiro atoms. The van der Waals surface area contributed by atoms with Gasteiger partial charge in [-0.1, -0.05) is 12.1 Å². The summed E-state index contributed by atoms with van der Waals surface area (Å²) < 4.78 is 27.0. The van der Waals surface area contributed by atoms with Crippen molar-refractivity contribution in [2.45, 2.75) is 31.2 Å². The maximum absolute atomic E-state index is 12.2. The molecule has 1 amide bonds. The van der Waals surface area contributed by atoms with E-state index in [4.69, 9.17) is 0 Å². The van der Waals surface area contributed by atoms with Crippen molar-refractivity contribution in [3.8, 4) is 0 Å². The number of para-hydroxylation sites is 1. The van der Waals surface area contributed by atoms with Gasteiger partial charge in [0.05, 0.1) is 5.69 Å². The largest absolute Gasteiger partial charge is 0.383 e. The topological polar surface area (TPSA) is 78.5 Å². The zero-order valence-electron chi connectivity index (χ0n) is 12.9. The van der Waals surface area contributed by atoms with E-state index in [-0.39, 0.29) is 16.8 Å². The molecule has 0 unspecified atom stereocenters. The number of benzene rings is 1. The van der Waals surface area contributed by atoms with E-state index >= 15 is 0 Å². The normalized spacial score (nSPS) is 11.5. The van der Waals surface area contributed by atoms with E-state index in [1.54, 1.807) is 52.2 Å². The Kier molecular flexibility index (Phi) is 6.17. The smallest absolute Gasteiger partial charge is 0.242 e. The average molecular weight is 313 g/mol. The number of rotatable bonds is 7. The van der Waals surface area contributed by atoms with Crippen molar-refractivity contribution >= 4 is 21.6 Å². The van der Waals surface area contributed by atoms with E-state index in [2.05, 4.69) is 10.0 Å². The summed E-state index contributed by atoms with van der Waals surface area (Å²) in [4.78, 5) is 13.2. The van der Waals surface area contributed by atoms with Crippen molar-refractivity contribution in [3.05, 3.63) is 24.3 Å². The number of hydrogen-bond acceptors (Lipinski definition) is 4. The number of nitrogens with zero attached hydrogens (tertiary/aromatic N) is 1. The minimum Gasteiger partial charge on any atom is -0.383 e. The monoisotopic (exact) mass is 313 g/mol. The Morgan fingerprint density at radius 3 is 2.43 bits per heavy atom. The zero-order valence-corrected chi connectivity index (χ0v) is 13.7. The molecule has 0 aromatic heterocycles. The Hall–Kier alpha value is -1.60. The highest BCUT2D eigenvalue weighted by Crippen LogP contribution is 2.20. The van der Waals surface area contributed by atoms with Crippen molar-refractivity contribution < 1.29 is 13.2 Å². The van der Waals surface area contributed by atoms with Crippen molar-refractivity contribution in [2.24, 2.45) is 0 Å². The third-order valence-corrected chi connectivity index (χ3v) is 4.44. The molecule has 0 saturated carbocycles. The van der Waals surface area contributed by atoms with Gasteiger partial charge in [0.1, 0.15) is 4.90 Å². The lowest BCUT2D eigenvalue weighted by Gasteiger charge is -2.15. The SMILES string of the molecule is CC(C)NS(=O)(=O)c1ccccc1NCCC(=O)N(C)C. The molecule has 0 fully saturated rings. The molecular formula is C14H23N3O3S. The van der Waals surface area contributed by atoms with E-state index in [0.29, 0.717) is 18.7 Å². The van der Waals surface area contributed by atoms with E-state index in [0.717, 1.165) is 0 Å². The summed E-state index contributed by atoms with van der Waals surface area (Å²) in [6.07, 6.45) is 0.305. The molecule has 1 aromatic rings. The second kappa shape index (κ2) is 7.42. The van der Waals surface area contributed by atoms with Crippen LogP contribution in [-0.2, 0) is 14.8 Å². The van der Waals surface area contributed by atoms with Gasteiger partial charge in [0.25, 0.3) is 0 Å². The van der Waals surface area contributed by atoms with Crippen LogP contribution in [0.4, 0.5) is 5.69 Å². The molecule has 0 heterocycles. The molecule has 0 radical (unpaired) electrons. The first kappa shape index (κ1) is 17.5. The number of hydrogen-bond donors (Lipinski definition) is 2. The molecule has 6 nitrogen and oxygen atoms in total. The van der Waals surface area contributed by atoms with Gasteiger partial charge in [-0.3, -0.25) is 4.79 Å². The maximum atomic E-state index is 12.2. The number of carbonyl (C=O) groups excluding carboxylic acids is 1. The standard InChI is InChI=1S/C14H23N3O3S/c1-11(2)16-21(19,20)13-8-6-5-7-12(13)15-10-9-14(18)17(3)4/h5-8,11,15-16H,9-10H2,1-4H3. The van der Waals surface area contributed by atoms with Gasteiger partial charge < -0.3 is 10.2 Å². The number of sulfonamides is 1. The van der Waals surface area contributed by atoms with Gasteiger partial charge in [0.2, 0.25) is 15.9 Å². The molecule has 1 rings (SSSR count). The number of nitrogens with one attached hydrogen (secondary N) is 2. The number of carbonyl (C=O) groups is 1. The summed E-state index contributed by atoms with van der Waals surface area (Å²) in [6, 6.07) is 6.48. The van der Waals surface area contributed by atoms with Crippen LogP contribution in [0.15, 0.2) is 29.2 Å². The first-order valence-corrected chi connectivity index (χ1v) is 8.27. The lowest BCUT2D eigenvalue weighted by molar-refractivity contribution is -0.128. The Balaban J connectivity index is 2.83. The molecule has 0 bridgehead atoms. The van der Waals surface area contributed by atoms with Crippen LogP contribution in [-0.4, -0.2) is 45.9 Å². The summed E-state index contributed by atoms with van der Waals surface area (Å²) in [7, 11) is -0.189. The van der Waals surface area contributed by atoms with E-state index in [1.807, 2.05) is 0 Å². The number of amides is 1. The van der Waals surface area contributed by atoms with E-state index in [1.165, 1.54) is 4.90 Å². The fourth-order valence-electron chi connectivity index (χ4n) is 1.75. The van der Waals surface area contributed by atoms with Gasteiger partial charge >= 0.3 is 0 Å². The van der Waals surface area contributed by atoms with Crippen molar-refractivity contribution in [1.82, 2.24) is 9.62 Å². The summed E-state index contributed by atoms with van der Waals surface area (Å²) in [6.45, 7) is 3.91. The average Bonchev–Trinajstić information content (AvgIpc) is 2.37. The minimum atomic E-state index is -3.57. The minimum absolute atomic E-state index is 0.0110. The Morgan fingerprint density at radius 2 is 1.86 bits per heavy atom. The van der Waals surface area contributed by atoms with Crippen molar-refractivity contribution in [3.63, 3.8) is 0 Å². The molecule has 2 N–H and O–H groups in total. The van der Waals surface area contributed by atoms with Crippen LogP contribution < -0.4 is 10.0 Å². The predicted molar refractivity (Wildman–Crippen MR) is 83.7 cm³/mol. The molecule has 1 aromatic carbocycles. The van der Waals surface area contributed by atoms with Crippen LogP contribution in [0.2, 0.25) is 0 Å². The van der Waals surface area contributed by atoms with Gasteiger partial charge in [-0.2, -0.15) is 0 Å². The van der Waals surface area contributed by atoms with Crippen LogP contribution in [0.5, 0.6) is 0 Å². The van der Waals surface area contributed by atoms with Crippen LogP contribution in [0.25, 0.3) is 0 Å². The van der Waals surface area contributed by atoms with Gasteiger partial charge in [-0.05, 0) is 26.0 Å². The quantitative estimate of drug-likeness (QED) is 0.794. The van der Waals surface area contributed by atoms with Crippen LogP contribution in [0, 0.1) is 0 Å². The van der Waals surface area contributed by atoms with Gasteiger partial charge in [-0.25, -0.2) is 13.1 Å². The summed E-state index contributed by atoms with van der Waals surface area (Å²) in [5, 5.41) is 3.01. The Labute approximate surface area is 126 Å². The molecule has 118 valence electrons. The Bertz CT molecular complexity index is 583. The van der Waals surface area contributed by atoms with Gasteiger partial charge in [0, 0.05) is 33.1 Å². The summed E-state index contributed by atoms with van der Waals surface area (Å²) >= 11 is 0. The second-order valence-electron chi connectivity index (χ2n) is 5.24. The summed E-state index contributed by atoms with van der Waals surface area (Å²) in [5.41, 5.74) is 0.497. The molecule has 0 aliphatic carbocycles. The van der Waals surface area contributed by atoms with E-state index in [9.17, 15) is 13.2 Å². The lowest BCUT2D eigenvalue weighted by atomic mass is 10.3. The van der Waals surface area contributed by atoms with Gasteiger partial charge in [-0.15, -0.1) is 0 Å². The Morgan fingerprint density at radius 1 is 1.24 bits per heavy atom. The third kappa shape index (κ3) is 5.35. The van der Waals surface area contributed by atoms with Crippen molar-refractivity contribution in [2.75, 3.05) is 26.0 Å². The third-order valence-electron chi connectivity index (χ3n) is 2.72. The van der Waals surface area contributed by atoms with Crippen LogP contribution >= 0.6 is 0 Å². The highest BCUT2D eigenvalue weighted by atomic mass is 32.2. The second-order valence-corrected chi connectivity index (χ2v) is 6.92. The molecule has 0 saturated heterocycles. The zero-order chi connectivity index (χ0) is 16.0. The molecule has 0 atom stereocenters. The fraction of sp³-hybridized carbons (Fsp3) is 0.500. The first-order valence-electron chi connectivity index (χ1n) is 6.79. The predicted octanol–water partition coefficient (Wildman–Crippen LogP) is 1.26. The maximum Gasteiger partial charge on any atom is 0.242 e. The van der Waals surface area contributed by atoms with Crippen LogP contribution in [0.3, 0.4) is 0 Å². The highest BCUT2D eigenvalue weighted by Gasteiger charge is 2.19. The first-order chi connectivity index (χ1) is 9.74. The van der Waals surface area contributed by atoms with Crippen LogP contribution in [0.1, 0.15) is 20.3 Å². The van der Waals surface area contributed by atoms with E-state index < -0.39 is 10.0 Å². The molecular weight excluding hydrogens is 290 g/mol. The molecule has 7 heteroatoms. The summed E-state index contributed by atoms with van der Waals surface area (Å²) in [5.74, 6) is -0.0110. The van der Waals surface area contributed by atoms with Crippen molar-refractivity contribution in [1.29, 1.82) is 0 Å². The van der Waals surface area contributed by atoms with Gasteiger partial charge in [0.15, 0.2) is 0 Å². The molecule has 0 aliphatic heterocycles. The fourth-order valence-corrected chi connectivity index (χ4v) is 3.18. The molecule has 0 aliphatic rings. The molecule has 21 heavy (non-hydrogen) atoms. The lowest BCUT2D eigenvalue weighted by Crippen LogP contribution is -2.31. The highest BCUT2D eigenvalue weighted by molar-refractivity contribution is 7.89. The number of anilines is 1.